The second kappa shape index (κ2) is 13.7. The van der Waals surface area contributed by atoms with Crippen molar-refractivity contribution in [1.82, 2.24) is 20.3 Å². The first-order valence-corrected chi connectivity index (χ1v) is 13.8. The first-order valence-electron chi connectivity index (χ1n) is 13.0. The fraction of sp³-hybridized carbons (Fsp3) is 0.433. The van der Waals surface area contributed by atoms with Crippen molar-refractivity contribution in [2.75, 3.05) is 26.4 Å². The number of carbonyl (C=O) groups excluding carboxylic acids is 3. The molecule has 0 aliphatic rings. The molecule has 8 nitrogen and oxygen atoms in total. The maximum Gasteiger partial charge on any atom is 0.256 e. The summed E-state index contributed by atoms with van der Waals surface area (Å²) in [5.41, 5.74) is 6.93. The average Bonchev–Trinajstić information content (AvgIpc) is 2.89. The molecule has 0 aromatic heterocycles. The number of para-hydroxylation sites is 1. The van der Waals surface area contributed by atoms with Crippen molar-refractivity contribution in [1.29, 1.82) is 0 Å². The highest BCUT2D eigenvalue weighted by molar-refractivity contribution is 7.98. The van der Waals surface area contributed by atoms with Crippen LogP contribution in [0.25, 0.3) is 0 Å². The maximum atomic E-state index is 13.5. The minimum atomic E-state index is -0.767. The van der Waals surface area contributed by atoms with Gasteiger partial charge in [0.15, 0.2) is 0 Å². The van der Waals surface area contributed by atoms with Crippen LogP contribution in [0.1, 0.15) is 47.1 Å². The molecule has 2 rings (SSSR count). The third kappa shape index (κ3) is 8.60. The Morgan fingerprint density at radius 3 is 2.13 bits per heavy atom. The van der Waals surface area contributed by atoms with Crippen molar-refractivity contribution in [3.63, 3.8) is 0 Å². The monoisotopic (exact) mass is 553 g/mol. The van der Waals surface area contributed by atoms with Crippen LogP contribution in [-0.4, -0.2) is 55.3 Å². The maximum absolute atomic E-state index is 13.5. The van der Waals surface area contributed by atoms with Crippen LogP contribution in [0.5, 0.6) is 0 Å². The van der Waals surface area contributed by atoms with Gasteiger partial charge in [-0.25, -0.2) is 0 Å². The lowest BCUT2D eigenvalue weighted by molar-refractivity contribution is -0.139. The number of anilines is 1. The van der Waals surface area contributed by atoms with E-state index in [1.54, 1.807) is 33.2 Å². The molecule has 3 amide bonds. The summed E-state index contributed by atoms with van der Waals surface area (Å²) >= 11 is 1.14. The minimum absolute atomic E-state index is 0.212. The predicted octanol–water partition coefficient (Wildman–Crippen LogP) is 3.89. The first-order chi connectivity index (χ1) is 18.2. The van der Waals surface area contributed by atoms with Crippen LogP contribution in [0.15, 0.2) is 71.1 Å². The summed E-state index contributed by atoms with van der Waals surface area (Å²) in [7, 11) is 3.41. The summed E-state index contributed by atoms with van der Waals surface area (Å²) in [4.78, 5) is 41.9. The Morgan fingerprint density at radius 2 is 1.56 bits per heavy atom. The number of benzene rings is 2. The van der Waals surface area contributed by atoms with Crippen molar-refractivity contribution < 1.29 is 14.4 Å². The SMILES string of the molecule is CNC(C(=O)NC(C(=O)N(C)C/C=C(\C)C(=O)NSc1ccccc1N)C(C)(C)C)C(C)(C)c1ccccc1. The van der Waals surface area contributed by atoms with Crippen molar-refractivity contribution in [3.05, 3.63) is 71.8 Å². The van der Waals surface area contributed by atoms with E-state index in [0.717, 1.165) is 22.4 Å². The summed E-state index contributed by atoms with van der Waals surface area (Å²) in [6, 6.07) is 15.8. The Bertz CT molecular complexity index is 1170. The molecule has 0 heterocycles. The smallest absolute Gasteiger partial charge is 0.256 e. The highest BCUT2D eigenvalue weighted by Crippen LogP contribution is 2.28. The Kier molecular flexibility index (Phi) is 11.2. The number of nitrogens with one attached hydrogen (secondary N) is 3. The van der Waals surface area contributed by atoms with Crippen LogP contribution in [0.3, 0.4) is 0 Å². The van der Waals surface area contributed by atoms with E-state index in [0.29, 0.717) is 11.3 Å². The largest absolute Gasteiger partial charge is 0.398 e. The third-order valence-corrected chi connectivity index (χ3v) is 7.65. The van der Waals surface area contributed by atoms with Gasteiger partial charge in [0, 0.05) is 30.3 Å². The molecule has 2 unspecified atom stereocenters. The molecule has 5 N–H and O–H groups in total. The molecule has 9 heteroatoms. The van der Waals surface area contributed by atoms with Gasteiger partial charge in [-0.1, -0.05) is 83.2 Å². The molecule has 2 atom stereocenters. The van der Waals surface area contributed by atoms with Gasteiger partial charge in [-0.05, 0) is 49.0 Å². The fourth-order valence-electron chi connectivity index (χ4n) is 4.16. The van der Waals surface area contributed by atoms with Crippen molar-refractivity contribution in [3.8, 4) is 0 Å². The Hall–Kier alpha value is -3.30. The molecule has 0 aliphatic carbocycles. The molecule has 0 saturated carbocycles. The number of nitrogens with two attached hydrogens (primary N) is 1. The first kappa shape index (κ1) is 31.9. The number of nitrogens with zero attached hydrogens (tertiary/aromatic N) is 1. The van der Waals surface area contributed by atoms with Crippen LogP contribution in [0.4, 0.5) is 5.69 Å². The van der Waals surface area contributed by atoms with Gasteiger partial charge in [0.2, 0.25) is 11.8 Å². The van der Waals surface area contributed by atoms with E-state index in [4.69, 9.17) is 5.73 Å². The zero-order chi connectivity index (χ0) is 29.4. The van der Waals surface area contributed by atoms with Gasteiger partial charge in [0.25, 0.3) is 5.91 Å². The summed E-state index contributed by atoms with van der Waals surface area (Å²) < 4.78 is 2.77. The van der Waals surface area contributed by atoms with E-state index in [2.05, 4.69) is 15.4 Å². The van der Waals surface area contributed by atoms with Gasteiger partial charge < -0.3 is 21.3 Å². The van der Waals surface area contributed by atoms with Crippen LogP contribution in [0.2, 0.25) is 0 Å². The quantitative estimate of drug-likeness (QED) is 0.191. The van der Waals surface area contributed by atoms with E-state index in [-0.39, 0.29) is 24.3 Å². The highest BCUT2D eigenvalue weighted by Gasteiger charge is 2.40. The molecule has 2 aromatic carbocycles. The summed E-state index contributed by atoms with van der Waals surface area (Å²) in [6.07, 6.45) is 1.69. The number of nitrogen functional groups attached to an aromatic ring is 1. The number of likely N-dealkylation sites (N-methyl/N-ethyl adjacent to an activating group) is 2. The number of carbonyl (C=O) groups is 3. The van der Waals surface area contributed by atoms with Crippen molar-refractivity contribution in [2.24, 2.45) is 5.41 Å². The van der Waals surface area contributed by atoms with E-state index < -0.39 is 22.9 Å². The van der Waals surface area contributed by atoms with Crippen LogP contribution in [-0.2, 0) is 19.8 Å². The molecule has 212 valence electrons. The summed E-state index contributed by atoms with van der Waals surface area (Å²) in [5, 5.41) is 6.16. The third-order valence-electron chi connectivity index (χ3n) is 6.77. The highest BCUT2D eigenvalue weighted by atomic mass is 32.2. The second-order valence-electron chi connectivity index (χ2n) is 11.3. The Labute approximate surface area is 237 Å². The van der Waals surface area contributed by atoms with E-state index >= 15 is 0 Å². The number of hydrogen-bond acceptors (Lipinski definition) is 6. The van der Waals surface area contributed by atoms with E-state index in [1.165, 1.54) is 4.90 Å². The summed E-state index contributed by atoms with van der Waals surface area (Å²) in [6.45, 7) is 11.7. The molecular weight excluding hydrogens is 510 g/mol. The molecule has 0 bridgehead atoms. The van der Waals surface area contributed by atoms with Crippen LogP contribution in [0, 0.1) is 5.41 Å². The molecule has 0 aliphatic heterocycles. The van der Waals surface area contributed by atoms with Gasteiger partial charge in [0.1, 0.15) is 6.04 Å². The molecule has 0 spiro atoms. The molecular formula is C30H43N5O3S. The van der Waals surface area contributed by atoms with Crippen LogP contribution < -0.4 is 21.1 Å². The van der Waals surface area contributed by atoms with Gasteiger partial charge in [-0.15, -0.1) is 0 Å². The second-order valence-corrected chi connectivity index (χ2v) is 12.1. The number of hydrogen-bond donors (Lipinski definition) is 4. The predicted molar refractivity (Wildman–Crippen MR) is 160 cm³/mol. The lowest BCUT2D eigenvalue weighted by atomic mass is 9.76. The summed E-state index contributed by atoms with van der Waals surface area (Å²) in [5.74, 6) is -0.764. The van der Waals surface area contributed by atoms with Crippen LogP contribution >= 0.6 is 11.9 Å². The Balaban J connectivity index is 2.10. The van der Waals surface area contributed by atoms with Crippen molar-refractivity contribution in [2.45, 2.75) is 63.9 Å². The fourth-order valence-corrected chi connectivity index (χ4v) is 4.86. The van der Waals surface area contributed by atoms with Crippen molar-refractivity contribution >= 4 is 35.4 Å². The average molecular weight is 554 g/mol. The van der Waals surface area contributed by atoms with Gasteiger partial charge in [0.05, 0.1) is 10.9 Å². The lowest BCUT2D eigenvalue weighted by Gasteiger charge is -2.38. The van der Waals surface area contributed by atoms with E-state index in [9.17, 15) is 14.4 Å². The number of rotatable bonds is 11. The van der Waals surface area contributed by atoms with Gasteiger partial charge in [-0.3, -0.25) is 19.1 Å². The molecule has 0 radical (unpaired) electrons. The van der Waals surface area contributed by atoms with Gasteiger partial charge in [-0.2, -0.15) is 0 Å². The standard InChI is InChI=1S/C30H43N5O3S/c1-20(26(36)34-39-23-17-13-12-16-22(23)31)18-19-35(8)28(38)25(29(2,3)4)33-27(37)24(32-7)30(5,6)21-14-10-9-11-15-21/h9-18,24-25,32H,19,31H2,1-8H3,(H,33,37)(H,34,36)/b20-18+. The normalized spacial score (nSPS) is 13.8. The minimum Gasteiger partial charge on any atom is -0.398 e. The Morgan fingerprint density at radius 1 is 0.974 bits per heavy atom. The van der Waals surface area contributed by atoms with E-state index in [1.807, 2.05) is 83.1 Å². The number of amides is 3. The zero-order valence-electron chi connectivity index (χ0n) is 24.3. The topological polar surface area (TPSA) is 117 Å². The molecule has 0 saturated heterocycles. The molecule has 2 aromatic rings. The molecule has 39 heavy (non-hydrogen) atoms. The van der Waals surface area contributed by atoms with Gasteiger partial charge >= 0.3 is 0 Å². The zero-order valence-corrected chi connectivity index (χ0v) is 25.1. The lowest BCUT2D eigenvalue weighted by Crippen LogP contribution is -2.60. The molecule has 0 fully saturated rings.